The van der Waals surface area contributed by atoms with Gasteiger partial charge in [-0.2, -0.15) is 0 Å². The molecule has 3 rings (SSSR count). The molecule has 2 amide bonds. The fraction of sp³-hybridized carbons (Fsp3) is 0.235. The number of benzene rings is 1. The highest BCUT2D eigenvalue weighted by molar-refractivity contribution is 6.39. The Hall–Kier alpha value is -3.10. The average Bonchev–Trinajstić information content (AvgIpc) is 2.68. The van der Waals surface area contributed by atoms with Crippen molar-refractivity contribution in [3.63, 3.8) is 0 Å². The Kier molecular flexibility index (Phi) is 5.06. The van der Waals surface area contributed by atoms with Crippen LogP contribution in [0.25, 0.3) is 0 Å². The van der Waals surface area contributed by atoms with Crippen LogP contribution < -0.4 is 10.2 Å². The van der Waals surface area contributed by atoms with Crippen molar-refractivity contribution in [2.45, 2.75) is 0 Å². The number of halogens is 3. The Labute approximate surface area is 147 Å². The molecular formula is C17H15F3N4O2. The Balaban J connectivity index is 1.60. The topological polar surface area (TPSA) is 65.5 Å². The van der Waals surface area contributed by atoms with Gasteiger partial charge in [-0.25, -0.2) is 18.2 Å². The van der Waals surface area contributed by atoms with Gasteiger partial charge in [0, 0.05) is 32.4 Å². The fourth-order valence-corrected chi connectivity index (χ4v) is 2.62. The minimum absolute atomic E-state index is 0.281. The number of carbonyl (C=O) groups excluding carboxylic acids is 2. The molecule has 0 aliphatic carbocycles. The number of hydrogen-bond donors (Lipinski definition) is 1. The van der Waals surface area contributed by atoms with Crippen LogP contribution in [-0.4, -0.2) is 47.9 Å². The molecule has 1 aromatic heterocycles. The Morgan fingerprint density at radius 1 is 0.962 bits per heavy atom. The summed E-state index contributed by atoms with van der Waals surface area (Å²) in [5.41, 5.74) is -0.589. The standard InChI is InChI=1S/C17H15F3N4O2/c18-11-4-5-12(15(20)14(11)19)22-16(25)17(26)24-9-7-23(8-10-24)13-3-1-2-6-21-13/h1-6H,7-10H2,(H,22,25). The highest BCUT2D eigenvalue weighted by atomic mass is 19.2. The number of carbonyl (C=O) groups is 2. The summed E-state index contributed by atoms with van der Waals surface area (Å²) >= 11 is 0. The summed E-state index contributed by atoms with van der Waals surface area (Å²) in [6.07, 6.45) is 1.66. The number of amides is 2. The largest absolute Gasteiger partial charge is 0.353 e. The Morgan fingerprint density at radius 3 is 2.35 bits per heavy atom. The van der Waals surface area contributed by atoms with Crippen LogP contribution in [0.15, 0.2) is 36.5 Å². The molecule has 1 aliphatic rings. The molecule has 2 heterocycles. The zero-order valence-electron chi connectivity index (χ0n) is 13.6. The third kappa shape index (κ3) is 3.61. The van der Waals surface area contributed by atoms with Crippen molar-refractivity contribution >= 4 is 23.3 Å². The van der Waals surface area contributed by atoms with Crippen LogP contribution in [0.1, 0.15) is 0 Å². The van der Waals surface area contributed by atoms with Gasteiger partial charge in [0.25, 0.3) is 0 Å². The normalized spacial score (nSPS) is 14.3. The predicted molar refractivity (Wildman–Crippen MR) is 88.0 cm³/mol. The number of anilines is 2. The number of pyridine rings is 1. The Morgan fingerprint density at radius 2 is 1.69 bits per heavy atom. The number of aromatic nitrogens is 1. The second-order valence-electron chi connectivity index (χ2n) is 5.64. The number of rotatable bonds is 2. The molecule has 9 heteroatoms. The van der Waals surface area contributed by atoms with Crippen molar-refractivity contribution in [1.82, 2.24) is 9.88 Å². The minimum atomic E-state index is -1.71. The summed E-state index contributed by atoms with van der Waals surface area (Å²) < 4.78 is 39.7. The second kappa shape index (κ2) is 7.42. The van der Waals surface area contributed by atoms with E-state index in [0.717, 1.165) is 11.9 Å². The van der Waals surface area contributed by atoms with Crippen molar-refractivity contribution in [2.24, 2.45) is 0 Å². The van der Waals surface area contributed by atoms with E-state index in [1.165, 1.54) is 4.90 Å². The zero-order valence-corrected chi connectivity index (χ0v) is 13.6. The van der Waals surface area contributed by atoms with Crippen molar-refractivity contribution in [2.75, 3.05) is 36.4 Å². The minimum Gasteiger partial charge on any atom is -0.353 e. The summed E-state index contributed by atoms with van der Waals surface area (Å²) in [4.78, 5) is 31.7. The molecule has 1 aliphatic heterocycles. The van der Waals surface area contributed by atoms with Crippen LogP contribution in [-0.2, 0) is 9.59 Å². The van der Waals surface area contributed by atoms with Gasteiger partial charge in [-0.15, -0.1) is 0 Å². The highest BCUT2D eigenvalue weighted by Crippen LogP contribution is 2.20. The van der Waals surface area contributed by atoms with Crippen LogP contribution in [0.2, 0.25) is 0 Å². The van der Waals surface area contributed by atoms with E-state index in [9.17, 15) is 22.8 Å². The van der Waals surface area contributed by atoms with Gasteiger partial charge in [-0.1, -0.05) is 6.07 Å². The van der Waals surface area contributed by atoms with E-state index in [4.69, 9.17) is 0 Å². The van der Waals surface area contributed by atoms with Crippen LogP contribution in [0, 0.1) is 17.5 Å². The summed E-state index contributed by atoms with van der Waals surface area (Å²) in [7, 11) is 0. The molecule has 0 bridgehead atoms. The molecular weight excluding hydrogens is 349 g/mol. The first-order valence-electron chi connectivity index (χ1n) is 7.87. The smallest absolute Gasteiger partial charge is 0.313 e. The van der Waals surface area contributed by atoms with E-state index >= 15 is 0 Å². The van der Waals surface area contributed by atoms with Gasteiger partial charge in [-0.05, 0) is 24.3 Å². The molecule has 0 radical (unpaired) electrons. The van der Waals surface area contributed by atoms with E-state index in [2.05, 4.69) is 4.98 Å². The maximum Gasteiger partial charge on any atom is 0.313 e. The van der Waals surface area contributed by atoms with Crippen LogP contribution >= 0.6 is 0 Å². The summed E-state index contributed by atoms with van der Waals surface area (Å²) in [5, 5.41) is 1.98. The lowest BCUT2D eigenvalue weighted by Gasteiger charge is -2.34. The molecule has 0 saturated carbocycles. The molecule has 1 N–H and O–H groups in total. The lowest BCUT2D eigenvalue weighted by Crippen LogP contribution is -2.51. The van der Waals surface area contributed by atoms with Gasteiger partial charge in [0.05, 0.1) is 5.69 Å². The lowest BCUT2D eigenvalue weighted by atomic mass is 10.2. The third-order valence-corrected chi connectivity index (χ3v) is 4.02. The van der Waals surface area contributed by atoms with Crippen LogP contribution in [0.4, 0.5) is 24.7 Å². The van der Waals surface area contributed by atoms with E-state index in [-0.39, 0.29) is 13.1 Å². The molecule has 6 nitrogen and oxygen atoms in total. The summed E-state index contributed by atoms with van der Waals surface area (Å²) in [5.74, 6) is -5.84. The van der Waals surface area contributed by atoms with E-state index in [1.54, 1.807) is 12.3 Å². The monoisotopic (exact) mass is 364 g/mol. The molecule has 1 aromatic carbocycles. The number of nitrogens with zero attached hydrogens (tertiary/aromatic N) is 3. The van der Waals surface area contributed by atoms with Gasteiger partial charge in [0.15, 0.2) is 17.5 Å². The second-order valence-corrected chi connectivity index (χ2v) is 5.64. The van der Waals surface area contributed by atoms with Gasteiger partial charge in [0.2, 0.25) is 0 Å². The molecule has 0 spiro atoms. The number of nitrogens with one attached hydrogen (secondary N) is 1. The molecule has 136 valence electrons. The summed E-state index contributed by atoms with van der Waals surface area (Å²) in [6, 6.07) is 7.02. The first-order valence-corrected chi connectivity index (χ1v) is 7.87. The van der Waals surface area contributed by atoms with Gasteiger partial charge >= 0.3 is 11.8 Å². The van der Waals surface area contributed by atoms with Gasteiger partial charge in [-0.3, -0.25) is 9.59 Å². The maximum absolute atomic E-state index is 13.6. The van der Waals surface area contributed by atoms with Gasteiger partial charge < -0.3 is 15.1 Å². The first-order chi connectivity index (χ1) is 12.5. The third-order valence-electron chi connectivity index (χ3n) is 4.02. The Bertz CT molecular complexity index is 824. The lowest BCUT2D eigenvalue weighted by molar-refractivity contribution is -0.143. The average molecular weight is 364 g/mol. The van der Waals surface area contributed by atoms with E-state index in [1.807, 2.05) is 22.3 Å². The van der Waals surface area contributed by atoms with Crippen LogP contribution in [0.3, 0.4) is 0 Å². The van der Waals surface area contributed by atoms with Crippen molar-refractivity contribution in [1.29, 1.82) is 0 Å². The quantitative estimate of drug-likeness (QED) is 0.652. The number of piperazine rings is 1. The SMILES string of the molecule is O=C(Nc1ccc(F)c(F)c1F)C(=O)N1CCN(c2ccccn2)CC1. The van der Waals surface area contributed by atoms with Crippen molar-refractivity contribution in [3.8, 4) is 0 Å². The maximum atomic E-state index is 13.6. The van der Waals surface area contributed by atoms with E-state index < -0.39 is 35.0 Å². The van der Waals surface area contributed by atoms with Crippen molar-refractivity contribution < 1.29 is 22.8 Å². The number of hydrogen-bond acceptors (Lipinski definition) is 4. The summed E-state index contributed by atoms with van der Waals surface area (Å²) in [6.45, 7) is 1.53. The molecule has 0 atom stereocenters. The predicted octanol–water partition coefficient (Wildman–Crippen LogP) is 1.79. The van der Waals surface area contributed by atoms with Gasteiger partial charge in [0.1, 0.15) is 5.82 Å². The molecule has 26 heavy (non-hydrogen) atoms. The van der Waals surface area contributed by atoms with Crippen LogP contribution in [0.5, 0.6) is 0 Å². The molecule has 0 unspecified atom stereocenters. The van der Waals surface area contributed by atoms with E-state index in [0.29, 0.717) is 19.2 Å². The zero-order chi connectivity index (χ0) is 18.7. The fourth-order valence-electron chi connectivity index (χ4n) is 2.62. The molecule has 1 fully saturated rings. The molecule has 2 aromatic rings. The first kappa shape index (κ1) is 17.7. The molecule has 1 saturated heterocycles. The highest BCUT2D eigenvalue weighted by Gasteiger charge is 2.27. The van der Waals surface area contributed by atoms with Crippen molar-refractivity contribution in [3.05, 3.63) is 54.0 Å².